The average Bonchev–Trinajstić information content (AvgIpc) is 3.69. The van der Waals surface area contributed by atoms with Gasteiger partial charge in [0.05, 0.1) is 25.4 Å². The summed E-state index contributed by atoms with van der Waals surface area (Å²) < 4.78 is 33.4. The van der Waals surface area contributed by atoms with Gasteiger partial charge in [-0.15, -0.1) is 0 Å². The minimum atomic E-state index is -0.0872. The largest absolute Gasteiger partial charge is 0.467 e. The number of ether oxygens (including phenoxy) is 6. The van der Waals surface area contributed by atoms with Gasteiger partial charge in [-0.25, -0.2) is 0 Å². The maximum atomic E-state index is 10.5. The van der Waals surface area contributed by atoms with E-state index in [1.165, 1.54) is 86.5 Å². The Bertz CT molecular complexity index is 1570. The zero-order valence-corrected chi connectivity index (χ0v) is 34.6. The minimum absolute atomic E-state index is 0.0872. The second kappa shape index (κ2) is 17.1. The van der Waals surface area contributed by atoms with Crippen LogP contribution in [0.4, 0.5) is 0 Å². The second-order valence-corrected chi connectivity index (χ2v) is 18.1. The lowest BCUT2D eigenvalue weighted by Crippen LogP contribution is -2.45. The minimum Gasteiger partial charge on any atom is -0.467 e. The lowest BCUT2D eigenvalue weighted by Gasteiger charge is -2.50. The second-order valence-electron chi connectivity index (χ2n) is 18.1. The number of rotatable bonds is 12. The van der Waals surface area contributed by atoms with Gasteiger partial charge in [-0.1, -0.05) is 39.8 Å². The van der Waals surface area contributed by atoms with Crippen LogP contribution >= 0.6 is 0 Å². The number of aliphatic hydroxyl groups is 1. The SMILES string of the molecule is CCc1cc2c(cc1OCOC)CCC1C2CC[C@@]2(C)C1CC[C@@H]2O.CCc1cc2c(cc1OCOC)CCC1C2CC[C@@]2(C)C1CC[C@@H]2OCCOC. The molecular formula is C47H70O7. The predicted octanol–water partition coefficient (Wildman–Crippen LogP) is 9.57. The first kappa shape index (κ1) is 40.1. The molecule has 0 saturated heterocycles. The summed E-state index contributed by atoms with van der Waals surface area (Å²) in [6.07, 6.45) is 16.9. The summed E-state index contributed by atoms with van der Waals surface area (Å²) >= 11 is 0. The molecule has 2 aromatic rings. The molecule has 0 heterocycles. The molecule has 0 aromatic heterocycles. The lowest BCUT2D eigenvalue weighted by molar-refractivity contribution is -0.0739. The van der Waals surface area contributed by atoms with Crippen LogP contribution < -0.4 is 9.47 Å². The summed E-state index contributed by atoms with van der Waals surface area (Å²) in [7, 11) is 5.11. The molecule has 0 bridgehead atoms. The predicted molar refractivity (Wildman–Crippen MR) is 214 cm³/mol. The molecule has 6 aliphatic carbocycles. The molecule has 7 heteroatoms. The van der Waals surface area contributed by atoms with Crippen LogP contribution in [0.15, 0.2) is 24.3 Å². The van der Waals surface area contributed by atoms with Crippen molar-refractivity contribution in [1.82, 2.24) is 0 Å². The van der Waals surface area contributed by atoms with E-state index >= 15 is 0 Å². The van der Waals surface area contributed by atoms with E-state index < -0.39 is 0 Å². The van der Waals surface area contributed by atoms with E-state index in [4.69, 9.17) is 28.4 Å². The molecule has 4 saturated carbocycles. The Morgan fingerprint density at radius 2 is 1.13 bits per heavy atom. The monoisotopic (exact) mass is 747 g/mol. The number of aryl methyl sites for hydroxylation is 4. The zero-order valence-electron chi connectivity index (χ0n) is 34.6. The summed E-state index contributed by atoms with van der Waals surface area (Å²) in [4.78, 5) is 0. The van der Waals surface area contributed by atoms with Crippen LogP contribution in [0.1, 0.15) is 137 Å². The van der Waals surface area contributed by atoms with Crippen LogP contribution in [-0.2, 0) is 44.6 Å². The molecule has 4 fully saturated rings. The van der Waals surface area contributed by atoms with Crippen molar-refractivity contribution in [2.45, 2.75) is 142 Å². The topological polar surface area (TPSA) is 75.6 Å². The summed E-state index contributed by atoms with van der Waals surface area (Å²) in [5, 5.41) is 10.5. The Balaban J connectivity index is 0.000000168. The Hall–Kier alpha value is -2.16. The highest BCUT2D eigenvalue weighted by atomic mass is 16.7. The third-order valence-electron chi connectivity index (χ3n) is 15.7. The number of hydrogen-bond donors (Lipinski definition) is 1. The molecule has 54 heavy (non-hydrogen) atoms. The maximum Gasteiger partial charge on any atom is 0.188 e. The quantitative estimate of drug-likeness (QED) is 0.171. The number of methoxy groups -OCH3 is 3. The third kappa shape index (κ3) is 7.39. The van der Waals surface area contributed by atoms with Crippen molar-refractivity contribution < 1.29 is 33.5 Å². The number of fused-ring (bicyclic) bond motifs is 10. The highest BCUT2D eigenvalue weighted by Gasteiger charge is 2.56. The molecule has 10 atom stereocenters. The van der Waals surface area contributed by atoms with Crippen molar-refractivity contribution in [2.75, 3.05) is 48.1 Å². The standard InChI is InChI=1S/C25H38O4.C22H32O3/c1-5-17-14-21-18(15-23(17)29-16-27-4)6-7-20-19(21)10-11-25(2)22(20)8-9-24(25)28-13-12-26-3;1-4-14-11-18-15(12-20(14)25-13-24-3)5-6-17-16(18)9-10-22(2)19(17)7-8-21(22)23/h14-15,19-20,22,24H,5-13,16H2,1-4H3;11-12,16-17,19,21,23H,4-10,13H2,1-3H3/t19?,20?,22?,24-,25-;16?,17?,19?,21-,22-/m00/s1. The van der Waals surface area contributed by atoms with E-state index in [0.717, 1.165) is 61.5 Å². The van der Waals surface area contributed by atoms with E-state index in [2.05, 4.69) is 52.0 Å². The molecule has 0 amide bonds. The van der Waals surface area contributed by atoms with Crippen molar-refractivity contribution in [3.05, 3.63) is 57.6 Å². The fraction of sp³-hybridized carbons (Fsp3) is 0.745. The summed E-state index contributed by atoms with van der Waals surface area (Å²) in [5.41, 5.74) is 9.28. The van der Waals surface area contributed by atoms with Crippen LogP contribution in [0.3, 0.4) is 0 Å². The molecule has 6 unspecified atom stereocenters. The third-order valence-corrected chi connectivity index (χ3v) is 15.7. The summed E-state index contributed by atoms with van der Waals surface area (Å²) in [6.45, 7) is 11.3. The van der Waals surface area contributed by atoms with Gasteiger partial charge in [0.25, 0.3) is 0 Å². The average molecular weight is 747 g/mol. The molecule has 6 aliphatic rings. The Morgan fingerprint density at radius 3 is 1.65 bits per heavy atom. The summed E-state index contributed by atoms with van der Waals surface area (Å²) in [6, 6.07) is 9.47. The van der Waals surface area contributed by atoms with Crippen LogP contribution in [0.5, 0.6) is 11.5 Å². The van der Waals surface area contributed by atoms with E-state index in [1.54, 1.807) is 32.5 Å². The first-order chi connectivity index (χ1) is 26.2. The maximum absolute atomic E-state index is 10.5. The van der Waals surface area contributed by atoms with Gasteiger partial charge in [0.15, 0.2) is 13.6 Å². The van der Waals surface area contributed by atoms with Crippen LogP contribution in [0.25, 0.3) is 0 Å². The number of aliphatic hydroxyl groups excluding tert-OH is 1. The van der Waals surface area contributed by atoms with Crippen molar-refractivity contribution in [3.63, 3.8) is 0 Å². The molecule has 300 valence electrons. The molecule has 2 aromatic carbocycles. The highest BCUT2D eigenvalue weighted by Crippen LogP contribution is 2.63. The smallest absolute Gasteiger partial charge is 0.188 e. The van der Waals surface area contributed by atoms with Crippen molar-refractivity contribution >= 4 is 0 Å². The number of benzene rings is 2. The van der Waals surface area contributed by atoms with Crippen molar-refractivity contribution in [3.8, 4) is 11.5 Å². The molecule has 0 spiro atoms. The fourth-order valence-corrected chi connectivity index (χ4v) is 12.8. The molecule has 0 aliphatic heterocycles. The molecule has 8 rings (SSSR count). The van der Waals surface area contributed by atoms with E-state index in [9.17, 15) is 5.11 Å². The molecule has 7 nitrogen and oxygen atoms in total. The fourth-order valence-electron chi connectivity index (χ4n) is 12.8. The van der Waals surface area contributed by atoms with Gasteiger partial charge in [-0.3, -0.25) is 0 Å². The Labute approximate surface area is 326 Å². The van der Waals surface area contributed by atoms with Gasteiger partial charge < -0.3 is 33.5 Å². The van der Waals surface area contributed by atoms with E-state index in [1.807, 2.05) is 0 Å². The van der Waals surface area contributed by atoms with Gasteiger partial charge in [-0.05, 0) is 182 Å². The summed E-state index contributed by atoms with van der Waals surface area (Å²) in [5.74, 6) is 6.43. The van der Waals surface area contributed by atoms with Gasteiger partial charge in [0, 0.05) is 21.3 Å². The first-order valence-corrected chi connectivity index (χ1v) is 21.5. The molecule has 1 N–H and O–H groups in total. The zero-order chi connectivity index (χ0) is 38.0. The highest BCUT2D eigenvalue weighted by molar-refractivity contribution is 5.47. The van der Waals surface area contributed by atoms with E-state index in [0.29, 0.717) is 49.5 Å². The van der Waals surface area contributed by atoms with Gasteiger partial charge >= 0.3 is 0 Å². The van der Waals surface area contributed by atoms with Crippen LogP contribution in [0, 0.1) is 34.5 Å². The normalized spacial score (nSPS) is 34.7. The molecule has 0 radical (unpaired) electrons. The van der Waals surface area contributed by atoms with Crippen molar-refractivity contribution in [2.24, 2.45) is 34.5 Å². The Kier molecular flexibility index (Phi) is 12.7. The Morgan fingerprint density at radius 1 is 0.611 bits per heavy atom. The number of hydrogen-bond acceptors (Lipinski definition) is 7. The lowest BCUT2D eigenvalue weighted by atomic mass is 9.55. The van der Waals surface area contributed by atoms with Gasteiger partial charge in [-0.2, -0.15) is 0 Å². The molecular weight excluding hydrogens is 677 g/mol. The van der Waals surface area contributed by atoms with Gasteiger partial charge in [0.2, 0.25) is 0 Å². The first-order valence-electron chi connectivity index (χ1n) is 21.5. The van der Waals surface area contributed by atoms with E-state index in [-0.39, 0.29) is 11.5 Å². The van der Waals surface area contributed by atoms with Crippen LogP contribution in [-0.4, -0.2) is 65.4 Å². The van der Waals surface area contributed by atoms with Crippen LogP contribution in [0.2, 0.25) is 0 Å². The van der Waals surface area contributed by atoms with Gasteiger partial charge in [0.1, 0.15) is 11.5 Å². The van der Waals surface area contributed by atoms with Crippen molar-refractivity contribution in [1.29, 1.82) is 0 Å².